The number of nitrogens with zero attached hydrogens (tertiary/aromatic N) is 1. The minimum absolute atomic E-state index is 0.0618. The van der Waals surface area contributed by atoms with E-state index in [0.29, 0.717) is 0 Å². The zero-order chi connectivity index (χ0) is 12.3. The molecule has 0 radical (unpaired) electrons. The third-order valence-electron chi connectivity index (χ3n) is 3.40. The Kier molecular flexibility index (Phi) is 3.67. The Morgan fingerprint density at radius 2 is 2.18 bits per heavy atom. The van der Waals surface area contributed by atoms with Crippen molar-refractivity contribution >= 4 is 11.7 Å². The zero-order valence-corrected chi connectivity index (χ0v) is 10.2. The van der Waals surface area contributed by atoms with Crippen LogP contribution in [-0.4, -0.2) is 23.7 Å². The van der Waals surface area contributed by atoms with Gasteiger partial charge in [-0.1, -0.05) is 18.2 Å². The van der Waals surface area contributed by atoms with Gasteiger partial charge >= 0.3 is 5.97 Å². The number of carboxylic acids is 1. The predicted octanol–water partition coefficient (Wildman–Crippen LogP) is 2.69. The van der Waals surface area contributed by atoms with Crippen molar-refractivity contribution in [3.8, 4) is 0 Å². The van der Waals surface area contributed by atoms with Crippen molar-refractivity contribution < 1.29 is 9.90 Å². The van der Waals surface area contributed by atoms with Crippen LogP contribution >= 0.6 is 0 Å². The summed E-state index contributed by atoms with van der Waals surface area (Å²) in [6, 6.07) is 8.42. The van der Waals surface area contributed by atoms with E-state index < -0.39 is 5.97 Å². The maximum absolute atomic E-state index is 10.8. The summed E-state index contributed by atoms with van der Waals surface area (Å²) in [4.78, 5) is 13.1. The van der Waals surface area contributed by atoms with Gasteiger partial charge in [0.15, 0.2) is 0 Å². The van der Waals surface area contributed by atoms with Gasteiger partial charge in [-0.15, -0.1) is 0 Å². The van der Waals surface area contributed by atoms with Crippen LogP contribution in [0.2, 0.25) is 0 Å². The van der Waals surface area contributed by atoms with Crippen LogP contribution in [0.5, 0.6) is 0 Å². The number of aliphatic carboxylic acids is 1. The van der Waals surface area contributed by atoms with Crippen molar-refractivity contribution in [2.75, 3.05) is 11.4 Å². The summed E-state index contributed by atoms with van der Waals surface area (Å²) in [5, 5.41) is 8.91. The van der Waals surface area contributed by atoms with E-state index >= 15 is 0 Å². The molecule has 0 aliphatic carbocycles. The lowest BCUT2D eigenvalue weighted by atomic mass is 10.1. The molecule has 0 fully saturated rings. The summed E-state index contributed by atoms with van der Waals surface area (Å²) in [6.45, 7) is 2.96. The second kappa shape index (κ2) is 5.21. The highest BCUT2D eigenvalue weighted by atomic mass is 16.4. The quantitative estimate of drug-likeness (QED) is 0.872. The first-order valence-electron chi connectivity index (χ1n) is 6.25. The Hall–Kier alpha value is -1.51. The summed E-state index contributed by atoms with van der Waals surface area (Å²) in [6.07, 6.45) is 3.63. The molecule has 3 nitrogen and oxygen atoms in total. The first-order valence-corrected chi connectivity index (χ1v) is 6.25. The van der Waals surface area contributed by atoms with Crippen molar-refractivity contribution in [1.82, 2.24) is 0 Å². The summed E-state index contributed by atoms with van der Waals surface area (Å²) in [5.74, 6) is -0.723. The molecule has 0 saturated carbocycles. The monoisotopic (exact) mass is 233 g/mol. The van der Waals surface area contributed by atoms with E-state index in [1.807, 2.05) is 13.0 Å². The van der Waals surface area contributed by atoms with Crippen LogP contribution in [0.3, 0.4) is 0 Å². The van der Waals surface area contributed by atoms with Crippen molar-refractivity contribution in [2.24, 2.45) is 0 Å². The molecule has 92 valence electrons. The molecule has 0 bridgehead atoms. The fraction of sp³-hybridized carbons (Fsp3) is 0.500. The number of anilines is 1. The van der Waals surface area contributed by atoms with Crippen LogP contribution in [0.1, 0.15) is 31.7 Å². The Labute approximate surface area is 102 Å². The molecule has 1 aliphatic heterocycles. The summed E-state index contributed by atoms with van der Waals surface area (Å²) in [7, 11) is 0. The number of aryl methyl sites for hydroxylation is 1. The molecule has 0 aromatic heterocycles. The van der Waals surface area contributed by atoms with Crippen LogP contribution in [0, 0.1) is 0 Å². The second-order valence-electron chi connectivity index (χ2n) is 4.73. The molecule has 0 amide bonds. The average Bonchev–Trinajstić information content (AvgIpc) is 2.50. The van der Waals surface area contributed by atoms with Crippen molar-refractivity contribution in [2.45, 2.75) is 38.6 Å². The SMILES string of the molecule is CC(CC(=O)O)N1CCCCc2ccccc21. The van der Waals surface area contributed by atoms with Crippen LogP contribution < -0.4 is 4.90 Å². The highest BCUT2D eigenvalue weighted by molar-refractivity contribution is 5.69. The number of carboxylic acid groups (broad SMARTS) is 1. The van der Waals surface area contributed by atoms with Crippen LogP contribution in [0.25, 0.3) is 0 Å². The standard InChI is InChI=1S/C14H19NO2/c1-11(10-14(16)17)15-9-5-4-7-12-6-2-3-8-13(12)15/h2-3,6,8,11H,4-5,7,9-10H2,1H3,(H,16,17). The molecule has 1 unspecified atom stereocenters. The minimum atomic E-state index is -0.723. The summed E-state index contributed by atoms with van der Waals surface area (Å²) in [5.41, 5.74) is 2.57. The van der Waals surface area contributed by atoms with Crippen LogP contribution in [0.15, 0.2) is 24.3 Å². The van der Waals surface area contributed by atoms with E-state index in [4.69, 9.17) is 5.11 Å². The van der Waals surface area contributed by atoms with Gasteiger partial charge in [0.25, 0.3) is 0 Å². The Bertz CT molecular complexity index is 403. The third-order valence-corrected chi connectivity index (χ3v) is 3.40. The fourth-order valence-electron chi connectivity index (χ4n) is 2.54. The van der Waals surface area contributed by atoms with E-state index in [-0.39, 0.29) is 12.5 Å². The predicted molar refractivity (Wildman–Crippen MR) is 68.4 cm³/mol. The van der Waals surface area contributed by atoms with Gasteiger partial charge in [0.2, 0.25) is 0 Å². The lowest BCUT2D eigenvalue weighted by Crippen LogP contribution is -2.35. The van der Waals surface area contributed by atoms with E-state index in [1.165, 1.54) is 17.7 Å². The number of fused-ring (bicyclic) bond motifs is 1. The van der Waals surface area contributed by atoms with E-state index in [9.17, 15) is 4.79 Å². The molecule has 1 heterocycles. The molecule has 17 heavy (non-hydrogen) atoms. The molecule has 2 rings (SSSR count). The van der Waals surface area contributed by atoms with Crippen molar-refractivity contribution in [3.05, 3.63) is 29.8 Å². The van der Waals surface area contributed by atoms with E-state index in [0.717, 1.165) is 19.4 Å². The first kappa shape index (κ1) is 12.0. The minimum Gasteiger partial charge on any atom is -0.481 e. The molecule has 1 aromatic carbocycles. The van der Waals surface area contributed by atoms with Crippen LogP contribution in [-0.2, 0) is 11.2 Å². The van der Waals surface area contributed by atoms with Gasteiger partial charge in [0, 0.05) is 18.3 Å². The normalized spacial score (nSPS) is 17.1. The molecular formula is C14H19NO2. The topological polar surface area (TPSA) is 40.5 Å². The molecule has 1 atom stereocenters. The van der Waals surface area contributed by atoms with E-state index in [1.54, 1.807) is 0 Å². The van der Waals surface area contributed by atoms with Gasteiger partial charge in [0.1, 0.15) is 0 Å². The maximum Gasteiger partial charge on any atom is 0.305 e. The molecule has 0 spiro atoms. The molecule has 1 aliphatic rings. The van der Waals surface area contributed by atoms with Gasteiger partial charge in [-0.25, -0.2) is 0 Å². The molecule has 1 aromatic rings. The van der Waals surface area contributed by atoms with Crippen LogP contribution in [0.4, 0.5) is 5.69 Å². The average molecular weight is 233 g/mol. The number of rotatable bonds is 3. The highest BCUT2D eigenvalue weighted by Gasteiger charge is 2.21. The number of carbonyl (C=O) groups is 1. The lowest BCUT2D eigenvalue weighted by Gasteiger charge is -2.30. The van der Waals surface area contributed by atoms with Gasteiger partial charge in [0.05, 0.1) is 6.42 Å². The number of hydrogen-bond donors (Lipinski definition) is 1. The summed E-state index contributed by atoms with van der Waals surface area (Å²) < 4.78 is 0. The largest absolute Gasteiger partial charge is 0.481 e. The van der Waals surface area contributed by atoms with Gasteiger partial charge in [-0.2, -0.15) is 0 Å². The van der Waals surface area contributed by atoms with Crippen molar-refractivity contribution in [1.29, 1.82) is 0 Å². The fourth-order valence-corrected chi connectivity index (χ4v) is 2.54. The molecular weight excluding hydrogens is 214 g/mol. The molecule has 0 saturated heterocycles. The molecule has 3 heteroatoms. The zero-order valence-electron chi connectivity index (χ0n) is 10.2. The maximum atomic E-state index is 10.8. The highest BCUT2D eigenvalue weighted by Crippen LogP contribution is 2.28. The Morgan fingerprint density at radius 1 is 1.41 bits per heavy atom. The summed E-state index contributed by atoms with van der Waals surface area (Å²) >= 11 is 0. The second-order valence-corrected chi connectivity index (χ2v) is 4.73. The first-order chi connectivity index (χ1) is 8.18. The van der Waals surface area contributed by atoms with Gasteiger partial charge < -0.3 is 10.0 Å². The van der Waals surface area contributed by atoms with Gasteiger partial charge in [-0.05, 0) is 37.8 Å². The van der Waals surface area contributed by atoms with Crippen molar-refractivity contribution in [3.63, 3.8) is 0 Å². The lowest BCUT2D eigenvalue weighted by molar-refractivity contribution is -0.137. The number of benzene rings is 1. The Morgan fingerprint density at radius 3 is 2.94 bits per heavy atom. The van der Waals surface area contributed by atoms with Gasteiger partial charge in [-0.3, -0.25) is 4.79 Å². The Balaban J connectivity index is 2.25. The van der Waals surface area contributed by atoms with E-state index in [2.05, 4.69) is 23.1 Å². The smallest absolute Gasteiger partial charge is 0.305 e. The third kappa shape index (κ3) is 2.78. The number of para-hydroxylation sites is 1. The number of hydrogen-bond acceptors (Lipinski definition) is 2. The molecule has 1 N–H and O–H groups in total.